The SMILES string of the molecule is c1ccc(-c2ccccc2-c2c(-c3ccccc3)cccc2N(c2ccc3sc4ccccc4c3c2)c2cccc3c2-c2ccccc2C3(c2ccccc2)c2ccccc2)cc1. The summed E-state index contributed by atoms with van der Waals surface area (Å²) in [5.74, 6) is 0. The standard InChI is InChI=1S/C61H41NS/c1-5-21-42(22-6-1)47-29-13-14-31-50(47)59-48(43-23-7-2-8-24-43)33-19-36-55(59)62(46-39-40-58-52(41-46)49-30-16-18-38-57(49)63-58)56-37-20-35-54-60(56)51-32-15-17-34-53(51)61(54,44-25-9-3-10-26-44)45-27-11-4-12-28-45/h1-41H. The highest BCUT2D eigenvalue weighted by molar-refractivity contribution is 7.25. The molecule has 0 radical (unpaired) electrons. The third kappa shape index (κ3) is 5.91. The number of thiophene rings is 1. The Balaban J connectivity index is 1.22. The van der Waals surface area contributed by atoms with Crippen LogP contribution in [0.15, 0.2) is 249 Å². The summed E-state index contributed by atoms with van der Waals surface area (Å²) in [5.41, 5.74) is 17.5. The Hall–Kier alpha value is -7.78. The van der Waals surface area contributed by atoms with E-state index in [4.69, 9.17) is 0 Å². The third-order valence-electron chi connectivity index (χ3n) is 13.0. The quantitative estimate of drug-likeness (QED) is 0.148. The van der Waals surface area contributed by atoms with E-state index < -0.39 is 5.41 Å². The molecule has 296 valence electrons. The first-order valence-corrected chi connectivity index (χ1v) is 22.5. The predicted molar refractivity (Wildman–Crippen MR) is 268 cm³/mol. The summed E-state index contributed by atoms with van der Waals surface area (Å²) in [6.45, 7) is 0. The fraction of sp³-hybridized carbons (Fsp3) is 0.0164. The fourth-order valence-electron chi connectivity index (χ4n) is 10.4. The first kappa shape index (κ1) is 37.0. The van der Waals surface area contributed by atoms with Gasteiger partial charge in [-0.25, -0.2) is 0 Å². The lowest BCUT2D eigenvalue weighted by atomic mass is 9.68. The van der Waals surface area contributed by atoms with Crippen molar-refractivity contribution in [3.8, 4) is 44.5 Å². The van der Waals surface area contributed by atoms with Crippen molar-refractivity contribution in [3.63, 3.8) is 0 Å². The maximum Gasteiger partial charge on any atom is 0.0714 e. The molecule has 1 heterocycles. The zero-order chi connectivity index (χ0) is 41.7. The van der Waals surface area contributed by atoms with Gasteiger partial charge in [0.2, 0.25) is 0 Å². The van der Waals surface area contributed by atoms with Crippen molar-refractivity contribution in [3.05, 3.63) is 271 Å². The second kappa shape index (κ2) is 15.3. The lowest BCUT2D eigenvalue weighted by Gasteiger charge is -2.35. The summed E-state index contributed by atoms with van der Waals surface area (Å²) >= 11 is 1.86. The molecule has 0 spiro atoms. The number of hydrogen-bond acceptors (Lipinski definition) is 2. The van der Waals surface area contributed by atoms with Gasteiger partial charge in [-0.05, 0) is 92.0 Å². The number of rotatable bonds is 8. The van der Waals surface area contributed by atoms with Crippen molar-refractivity contribution in [1.82, 2.24) is 0 Å². The number of fused-ring (bicyclic) bond motifs is 6. The Morgan fingerprint density at radius 2 is 0.810 bits per heavy atom. The monoisotopic (exact) mass is 819 g/mol. The van der Waals surface area contributed by atoms with Crippen LogP contribution in [0.4, 0.5) is 17.1 Å². The van der Waals surface area contributed by atoms with Crippen molar-refractivity contribution in [2.24, 2.45) is 0 Å². The van der Waals surface area contributed by atoms with Crippen LogP contribution in [0.3, 0.4) is 0 Å². The van der Waals surface area contributed by atoms with Crippen LogP contribution in [0, 0.1) is 0 Å². The van der Waals surface area contributed by atoms with Crippen molar-refractivity contribution < 1.29 is 0 Å². The van der Waals surface area contributed by atoms with Gasteiger partial charge < -0.3 is 4.90 Å². The van der Waals surface area contributed by atoms with Crippen molar-refractivity contribution in [2.45, 2.75) is 5.41 Å². The van der Waals surface area contributed by atoms with Crippen LogP contribution in [0.25, 0.3) is 64.7 Å². The van der Waals surface area contributed by atoms with Crippen molar-refractivity contribution in [1.29, 1.82) is 0 Å². The van der Waals surface area contributed by atoms with Gasteiger partial charge in [0.05, 0.1) is 16.8 Å². The average Bonchev–Trinajstić information content (AvgIpc) is 3.89. The van der Waals surface area contributed by atoms with E-state index in [0.717, 1.165) is 17.1 Å². The minimum Gasteiger partial charge on any atom is -0.309 e. The van der Waals surface area contributed by atoms with Gasteiger partial charge in [0.25, 0.3) is 0 Å². The third-order valence-corrected chi connectivity index (χ3v) is 14.1. The molecular weight excluding hydrogens is 779 g/mol. The van der Waals surface area contributed by atoms with E-state index in [0.29, 0.717) is 0 Å². The van der Waals surface area contributed by atoms with Crippen LogP contribution >= 0.6 is 11.3 Å². The highest BCUT2D eigenvalue weighted by atomic mass is 32.1. The van der Waals surface area contributed by atoms with E-state index in [-0.39, 0.29) is 0 Å². The van der Waals surface area contributed by atoms with Gasteiger partial charge in [-0.15, -0.1) is 11.3 Å². The molecule has 12 rings (SSSR count). The molecule has 0 amide bonds. The maximum absolute atomic E-state index is 2.57. The molecule has 0 unspecified atom stereocenters. The molecule has 11 aromatic rings. The summed E-state index contributed by atoms with van der Waals surface area (Å²) in [4.78, 5) is 2.57. The van der Waals surface area contributed by atoms with Crippen molar-refractivity contribution in [2.75, 3.05) is 4.90 Å². The van der Waals surface area contributed by atoms with Crippen molar-refractivity contribution >= 4 is 48.6 Å². The van der Waals surface area contributed by atoms with E-state index in [1.54, 1.807) is 0 Å². The second-order valence-corrected chi connectivity index (χ2v) is 17.4. The molecule has 10 aromatic carbocycles. The zero-order valence-electron chi connectivity index (χ0n) is 34.5. The smallest absolute Gasteiger partial charge is 0.0714 e. The topological polar surface area (TPSA) is 3.24 Å². The Kier molecular flexibility index (Phi) is 8.98. The maximum atomic E-state index is 2.57. The Morgan fingerprint density at radius 3 is 1.51 bits per heavy atom. The van der Waals surface area contributed by atoms with Gasteiger partial charge in [-0.1, -0.05) is 212 Å². The predicted octanol–water partition coefficient (Wildman–Crippen LogP) is 16.9. The fourth-order valence-corrected chi connectivity index (χ4v) is 11.4. The molecule has 0 bridgehead atoms. The highest BCUT2D eigenvalue weighted by Gasteiger charge is 2.47. The first-order chi connectivity index (χ1) is 31.3. The normalized spacial score (nSPS) is 12.6. The van der Waals surface area contributed by atoms with Crippen LogP contribution < -0.4 is 4.90 Å². The Morgan fingerprint density at radius 1 is 0.317 bits per heavy atom. The lowest BCUT2D eigenvalue weighted by Crippen LogP contribution is -2.28. The summed E-state index contributed by atoms with van der Waals surface area (Å²) in [7, 11) is 0. The van der Waals surface area contributed by atoms with Crippen LogP contribution in [-0.4, -0.2) is 0 Å². The average molecular weight is 820 g/mol. The molecule has 63 heavy (non-hydrogen) atoms. The van der Waals surface area contributed by atoms with Crippen LogP contribution in [-0.2, 0) is 5.41 Å². The molecule has 0 aliphatic heterocycles. The largest absolute Gasteiger partial charge is 0.309 e. The van der Waals surface area contributed by atoms with E-state index in [1.807, 2.05) is 11.3 Å². The van der Waals surface area contributed by atoms with Crippen LogP contribution in [0.1, 0.15) is 22.3 Å². The Labute approximate surface area is 372 Å². The minimum atomic E-state index is -0.543. The van der Waals surface area contributed by atoms with E-state index >= 15 is 0 Å². The molecule has 1 nitrogen and oxygen atoms in total. The first-order valence-electron chi connectivity index (χ1n) is 21.7. The summed E-state index contributed by atoms with van der Waals surface area (Å²) in [5, 5.41) is 2.54. The van der Waals surface area contributed by atoms with Gasteiger partial charge in [-0.3, -0.25) is 0 Å². The van der Waals surface area contributed by atoms with Gasteiger partial charge in [0.1, 0.15) is 0 Å². The number of hydrogen-bond donors (Lipinski definition) is 0. The van der Waals surface area contributed by atoms with Gasteiger partial charge >= 0.3 is 0 Å². The molecule has 1 aliphatic rings. The number of benzene rings is 10. The second-order valence-electron chi connectivity index (χ2n) is 16.3. The minimum absolute atomic E-state index is 0.543. The summed E-state index contributed by atoms with van der Waals surface area (Å²) < 4.78 is 2.58. The van der Waals surface area contributed by atoms with Gasteiger partial charge in [-0.2, -0.15) is 0 Å². The van der Waals surface area contributed by atoms with Crippen LogP contribution in [0.5, 0.6) is 0 Å². The molecule has 0 saturated carbocycles. The molecule has 1 aromatic heterocycles. The highest BCUT2D eigenvalue weighted by Crippen LogP contribution is 2.60. The summed E-state index contributed by atoms with van der Waals surface area (Å²) in [6, 6.07) is 91.7. The lowest BCUT2D eigenvalue weighted by molar-refractivity contribution is 0.768. The van der Waals surface area contributed by atoms with E-state index in [9.17, 15) is 0 Å². The molecule has 1 aliphatic carbocycles. The number of anilines is 3. The molecule has 0 fully saturated rings. The summed E-state index contributed by atoms with van der Waals surface area (Å²) in [6.07, 6.45) is 0. The number of nitrogens with zero attached hydrogens (tertiary/aromatic N) is 1. The molecular formula is C61H41NS. The van der Waals surface area contributed by atoms with Crippen LogP contribution in [0.2, 0.25) is 0 Å². The molecule has 0 saturated heterocycles. The van der Waals surface area contributed by atoms with E-state index in [1.165, 1.54) is 86.9 Å². The molecule has 0 atom stereocenters. The molecule has 2 heteroatoms. The molecule has 0 N–H and O–H groups in total. The van der Waals surface area contributed by atoms with E-state index in [2.05, 4.69) is 254 Å². The van der Waals surface area contributed by atoms with Gasteiger partial charge in [0.15, 0.2) is 0 Å². The van der Waals surface area contributed by atoms with Gasteiger partial charge in [0, 0.05) is 37.0 Å². The zero-order valence-corrected chi connectivity index (χ0v) is 35.3. The Bertz CT molecular complexity index is 3400.